The first-order chi connectivity index (χ1) is 8.80. The largest absolute Gasteiger partial charge is 0.416 e. The molecule has 2 atom stereocenters. The number of alkyl halides is 3. The maximum atomic E-state index is 12.4. The maximum Gasteiger partial charge on any atom is 0.416 e. The van der Waals surface area contributed by atoms with Crippen molar-refractivity contribution in [3.05, 3.63) is 35.4 Å². The molecule has 0 saturated heterocycles. The Morgan fingerprint density at radius 3 is 2.21 bits per heavy atom. The molecule has 0 spiro atoms. The molecule has 0 amide bonds. The number of hydrogen-bond acceptors (Lipinski definition) is 2. The highest BCUT2D eigenvalue weighted by atomic mass is 19.4. The van der Waals surface area contributed by atoms with Crippen LogP contribution in [0.15, 0.2) is 24.3 Å². The highest BCUT2D eigenvalue weighted by molar-refractivity contribution is 5.26. The normalized spacial score (nSPS) is 15.3. The van der Waals surface area contributed by atoms with Gasteiger partial charge in [0.05, 0.1) is 11.7 Å². The third-order valence-electron chi connectivity index (χ3n) is 2.99. The zero-order valence-corrected chi connectivity index (χ0v) is 11.2. The zero-order valence-electron chi connectivity index (χ0n) is 11.2. The van der Waals surface area contributed by atoms with Crippen molar-refractivity contribution in [2.45, 2.75) is 45.0 Å². The van der Waals surface area contributed by atoms with Crippen LogP contribution in [-0.4, -0.2) is 17.8 Å². The Hall–Kier alpha value is -1.07. The van der Waals surface area contributed by atoms with Crippen molar-refractivity contribution in [3.63, 3.8) is 0 Å². The molecule has 0 aliphatic heterocycles. The zero-order chi connectivity index (χ0) is 14.5. The van der Waals surface area contributed by atoms with Gasteiger partial charge in [-0.2, -0.15) is 13.2 Å². The van der Waals surface area contributed by atoms with E-state index in [1.807, 2.05) is 6.92 Å². The number of aliphatic hydroxyl groups is 1. The van der Waals surface area contributed by atoms with Gasteiger partial charge in [0.25, 0.3) is 0 Å². The first kappa shape index (κ1) is 16.0. The second-order valence-electron chi connectivity index (χ2n) is 4.79. The molecule has 0 aliphatic carbocycles. The molecule has 1 rings (SSSR count). The van der Waals surface area contributed by atoms with E-state index in [1.54, 1.807) is 6.92 Å². The minimum Gasteiger partial charge on any atom is -0.393 e. The van der Waals surface area contributed by atoms with Crippen molar-refractivity contribution < 1.29 is 18.3 Å². The molecule has 108 valence electrons. The molecule has 19 heavy (non-hydrogen) atoms. The molecule has 0 fully saturated rings. The summed E-state index contributed by atoms with van der Waals surface area (Å²) in [4.78, 5) is 0. The summed E-state index contributed by atoms with van der Waals surface area (Å²) < 4.78 is 37.2. The van der Waals surface area contributed by atoms with Gasteiger partial charge in [0.1, 0.15) is 0 Å². The Morgan fingerprint density at radius 1 is 1.16 bits per heavy atom. The van der Waals surface area contributed by atoms with Crippen LogP contribution < -0.4 is 5.32 Å². The Balaban J connectivity index is 2.47. The van der Waals surface area contributed by atoms with Crippen molar-refractivity contribution in [2.24, 2.45) is 0 Å². The lowest BCUT2D eigenvalue weighted by molar-refractivity contribution is -0.137. The summed E-state index contributed by atoms with van der Waals surface area (Å²) in [6.45, 7) is 4.37. The van der Waals surface area contributed by atoms with Crippen molar-refractivity contribution in [3.8, 4) is 0 Å². The number of nitrogens with one attached hydrogen (secondary N) is 1. The molecule has 0 aliphatic rings. The molecule has 0 radical (unpaired) electrons. The van der Waals surface area contributed by atoms with Crippen molar-refractivity contribution >= 4 is 0 Å². The van der Waals surface area contributed by atoms with E-state index in [0.717, 1.165) is 30.7 Å². The SMILES string of the molecule is CC(O)CCCNC(C)c1ccc(C(F)(F)F)cc1. The van der Waals surface area contributed by atoms with Gasteiger partial charge >= 0.3 is 6.18 Å². The molecule has 1 aromatic rings. The summed E-state index contributed by atoms with van der Waals surface area (Å²) >= 11 is 0. The van der Waals surface area contributed by atoms with Crippen LogP contribution in [-0.2, 0) is 6.18 Å². The third kappa shape index (κ3) is 5.61. The van der Waals surface area contributed by atoms with Gasteiger partial charge < -0.3 is 10.4 Å². The van der Waals surface area contributed by atoms with Gasteiger partial charge in [0.15, 0.2) is 0 Å². The van der Waals surface area contributed by atoms with Crippen LogP contribution in [0.3, 0.4) is 0 Å². The lowest BCUT2D eigenvalue weighted by atomic mass is 10.1. The number of rotatable bonds is 6. The molecular weight excluding hydrogens is 255 g/mol. The minimum absolute atomic E-state index is 0.00344. The fourth-order valence-corrected chi connectivity index (χ4v) is 1.79. The van der Waals surface area contributed by atoms with Gasteiger partial charge in [-0.25, -0.2) is 0 Å². The molecule has 5 heteroatoms. The third-order valence-corrected chi connectivity index (χ3v) is 2.99. The van der Waals surface area contributed by atoms with Crippen LogP contribution in [0.2, 0.25) is 0 Å². The highest BCUT2D eigenvalue weighted by Crippen LogP contribution is 2.29. The fourth-order valence-electron chi connectivity index (χ4n) is 1.79. The summed E-state index contributed by atoms with van der Waals surface area (Å²) in [6.07, 6.45) is -3.05. The molecule has 1 aromatic carbocycles. The number of aliphatic hydroxyl groups excluding tert-OH is 1. The molecule has 2 unspecified atom stereocenters. The van der Waals surface area contributed by atoms with Gasteiger partial charge in [-0.3, -0.25) is 0 Å². The molecule has 0 bridgehead atoms. The predicted molar refractivity (Wildman–Crippen MR) is 68.8 cm³/mol. The second kappa shape index (κ2) is 6.91. The lowest BCUT2D eigenvalue weighted by Crippen LogP contribution is -2.21. The van der Waals surface area contributed by atoms with Crippen molar-refractivity contribution in [1.82, 2.24) is 5.32 Å². The van der Waals surface area contributed by atoms with E-state index < -0.39 is 11.7 Å². The summed E-state index contributed by atoms with van der Waals surface area (Å²) in [5.74, 6) is 0. The first-order valence-corrected chi connectivity index (χ1v) is 6.39. The molecule has 0 saturated carbocycles. The molecule has 0 aromatic heterocycles. The molecule has 2 nitrogen and oxygen atoms in total. The standard InChI is InChI=1S/C14H20F3NO/c1-10(19)4-3-9-18-11(2)12-5-7-13(8-6-12)14(15,16)17/h5-8,10-11,18-19H,3-4,9H2,1-2H3. The minimum atomic E-state index is -4.29. The van der Waals surface area contributed by atoms with E-state index in [0.29, 0.717) is 6.42 Å². The van der Waals surface area contributed by atoms with Gasteiger partial charge in [-0.1, -0.05) is 12.1 Å². The maximum absolute atomic E-state index is 12.4. The van der Waals surface area contributed by atoms with Crippen LogP contribution >= 0.6 is 0 Å². The average molecular weight is 275 g/mol. The van der Waals surface area contributed by atoms with Gasteiger partial charge in [-0.15, -0.1) is 0 Å². The van der Waals surface area contributed by atoms with E-state index in [9.17, 15) is 13.2 Å². The van der Waals surface area contributed by atoms with Crippen LogP contribution in [0, 0.1) is 0 Å². The summed E-state index contributed by atoms with van der Waals surface area (Å²) in [5, 5.41) is 12.3. The first-order valence-electron chi connectivity index (χ1n) is 6.39. The number of halogens is 3. The van der Waals surface area contributed by atoms with Crippen LogP contribution in [0.1, 0.15) is 43.9 Å². The monoisotopic (exact) mass is 275 g/mol. The summed E-state index contributed by atoms with van der Waals surface area (Å²) in [5.41, 5.74) is 0.197. The Bertz CT molecular complexity index is 373. The van der Waals surface area contributed by atoms with E-state index >= 15 is 0 Å². The van der Waals surface area contributed by atoms with Gasteiger partial charge in [0.2, 0.25) is 0 Å². The Labute approximate surface area is 111 Å². The van der Waals surface area contributed by atoms with Gasteiger partial charge in [0, 0.05) is 6.04 Å². The van der Waals surface area contributed by atoms with Gasteiger partial charge in [-0.05, 0) is 50.9 Å². The quantitative estimate of drug-likeness (QED) is 0.779. The van der Waals surface area contributed by atoms with Crippen molar-refractivity contribution in [2.75, 3.05) is 6.54 Å². The highest BCUT2D eigenvalue weighted by Gasteiger charge is 2.30. The average Bonchev–Trinajstić information content (AvgIpc) is 2.33. The van der Waals surface area contributed by atoms with Crippen LogP contribution in [0.25, 0.3) is 0 Å². The molecule has 2 N–H and O–H groups in total. The Morgan fingerprint density at radius 2 is 1.74 bits per heavy atom. The summed E-state index contributed by atoms with van der Waals surface area (Å²) in [7, 11) is 0. The van der Waals surface area contributed by atoms with Crippen molar-refractivity contribution in [1.29, 1.82) is 0 Å². The smallest absolute Gasteiger partial charge is 0.393 e. The van der Waals surface area contributed by atoms with Crippen LogP contribution in [0.5, 0.6) is 0 Å². The topological polar surface area (TPSA) is 32.3 Å². The van der Waals surface area contributed by atoms with Crippen LogP contribution in [0.4, 0.5) is 13.2 Å². The van der Waals surface area contributed by atoms with E-state index in [2.05, 4.69) is 5.32 Å². The number of hydrogen-bond donors (Lipinski definition) is 2. The predicted octanol–water partition coefficient (Wildman–Crippen LogP) is 3.52. The fraction of sp³-hybridized carbons (Fsp3) is 0.571. The lowest BCUT2D eigenvalue weighted by Gasteiger charge is -2.15. The van der Waals surface area contributed by atoms with E-state index in [-0.39, 0.29) is 12.1 Å². The Kier molecular flexibility index (Phi) is 5.82. The van der Waals surface area contributed by atoms with E-state index in [4.69, 9.17) is 5.11 Å². The molecular formula is C14H20F3NO. The number of benzene rings is 1. The second-order valence-corrected chi connectivity index (χ2v) is 4.79. The van der Waals surface area contributed by atoms with E-state index in [1.165, 1.54) is 12.1 Å². The summed E-state index contributed by atoms with van der Waals surface area (Å²) in [6, 6.07) is 5.19. The molecule has 0 heterocycles.